The predicted molar refractivity (Wildman–Crippen MR) is 51.0 cm³/mol. The van der Waals surface area contributed by atoms with Gasteiger partial charge in [0, 0.05) is 17.8 Å². The zero-order valence-corrected chi connectivity index (χ0v) is 7.76. The molecule has 0 heterocycles. The van der Waals surface area contributed by atoms with Crippen molar-refractivity contribution in [3.63, 3.8) is 0 Å². The highest BCUT2D eigenvalue weighted by molar-refractivity contribution is 6.39. The predicted octanol–water partition coefficient (Wildman–Crippen LogP) is 2.90. The van der Waals surface area contributed by atoms with E-state index in [1.807, 2.05) is 0 Å². The van der Waals surface area contributed by atoms with Crippen molar-refractivity contribution in [3.05, 3.63) is 37.9 Å². The van der Waals surface area contributed by atoms with Crippen LogP contribution in [0.4, 0.5) is 5.69 Å². The van der Waals surface area contributed by atoms with E-state index in [0.717, 1.165) is 6.21 Å². The van der Waals surface area contributed by atoms with Gasteiger partial charge >= 0.3 is 0 Å². The van der Waals surface area contributed by atoms with Crippen LogP contribution in [0.15, 0.2) is 12.1 Å². The zero-order valence-electron chi connectivity index (χ0n) is 6.25. The monoisotopic (exact) mass is 218 g/mol. The number of rotatable bonds is 2. The standard InChI is InChI=1S/C7H4Cl2N2O2/c8-5-1-2-6(11(12)13)7(9)4(5)3-10/h1-3,10H. The van der Waals surface area contributed by atoms with E-state index < -0.39 is 4.92 Å². The minimum absolute atomic E-state index is 0.104. The maximum absolute atomic E-state index is 10.4. The summed E-state index contributed by atoms with van der Waals surface area (Å²) in [5.74, 6) is 0. The van der Waals surface area contributed by atoms with E-state index in [4.69, 9.17) is 28.6 Å². The second-order valence-electron chi connectivity index (χ2n) is 2.20. The van der Waals surface area contributed by atoms with E-state index in [0.29, 0.717) is 0 Å². The van der Waals surface area contributed by atoms with Gasteiger partial charge in [-0.1, -0.05) is 23.2 Å². The van der Waals surface area contributed by atoms with E-state index in [1.165, 1.54) is 12.1 Å². The van der Waals surface area contributed by atoms with Crippen LogP contribution in [0.3, 0.4) is 0 Å². The van der Waals surface area contributed by atoms with Gasteiger partial charge in [0.25, 0.3) is 5.69 Å². The molecule has 68 valence electrons. The molecule has 0 aliphatic heterocycles. The third kappa shape index (κ3) is 1.79. The first-order chi connectivity index (χ1) is 6.07. The number of nitro benzene ring substituents is 1. The van der Waals surface area contributed by atoms with Crippen LogP contribution in [-0.2, 0) is 0 Å². The van der Waals surface area contributed by atoms with Crippen LogP contribution < -0.4 is 0 Å². The Morgan fingerprint density at radius 1 is 1.46 bits per heavy atom. The third-order valence-electron chi connectivity index (χ3n) is 1.45. The summed E-state index contributed by atoms with van der Waals surface area (Å²) in [7, 11) is 0. The van der Waals surface area contributed by atoms with Crippen molar-refractivity contribution >= 4 is 35.1 Å². The highest BCUT2D eigenvalue weighted by atomic mass is 35.5. The van der Waals surface area contributed by atoms with E-state index in [-0.39, 0.29) is 21.3 Å². The fraction of sp³-hybridized carbons (Fsp3) is 0. The van der Waals surface area contributed by atoms with Crippen LogP contribution in [-0.4, -0.2) is 11.1 Å². The molecule has 13 heavy (non-hydrogen) atoms. The van der Waals surface area contributed by atoms with Gasteiger partial charge in [-0.15, -0.1) is 0 Å². The highest BCUT2D eigenvalue weighted by Crippen LogP contribution is 2.31. The summed E-state index contributed by atoms with van der Waals surface area (Å²) in [6.07, 6.45) is 0.887. The molecule has 4 nitrogen and oxygen atoms in total. The van der Waals surface area contributed by atoms with E-state index in [2.05, 4.69) is 0 Å². The first-order valence-corrected chi connectivity index (χ1v) is 3.96. The Labute approximate surface area is 83.7 Å². The minimum atomic E-state index is -0.619. The van der Waals surface area contributed by atoms with Crippen molar-refractivity contribution in [1.82, 2.24) is 0 Å². The van der Waals surface area contributed by atoms with Gasteiger partial charge in [0.15, 0.2) is 0 Å². The average molecular weight is 219 g/mol. The quantitative estimate of drug-likeness (QED) is 0.472. The molecule has 0 radical (unpaired) electrons. The number of benzene rings is 1. The summed E-state index contributed by atoms with van der Waals surface area (Å²) in [5, 5.41) is 17.5. The van der Waals surface area contributed by atoms with Gasteiger partial charge in [-0.3, -0.25) is 10.1 Å². The Balaban J connectivity index is 3.44. The summed E-state index contributed by atoms with van der Waals surface area (Å²) in [5.41, 5.74) is -0.0814. The summed E-state index contributed by atoms with van der Waals surface area (Å²) in [6.45, 7) is 0. The molecule has 0 aliphatic carbocycles. The first-order valence-electron chi connectivity index (χ1n) is 3.20. The highest BCUT2D eigenvalue weighted by Gasteiger charge is 2.16. The molecule has 1 aromatic carbocycles. The van der Waals surface area contributed by atoms with Crippen LogP contribution in [0.1, 0.15) is 5.56 Å². The largest absolute Gasteiger partial charge is 0.308 e. The molecule has 0 saturated carbocycles. The molecule has 0 aromatic heterocycles. The van der Waals surface area contributed by atoms with Crippen molar-refractivity contribution in [3.8, 4) is 0 Å². The lowest BCUT2D eigenvalue weighted by Gasteiger charge is -2.00. The van der Waals surface area contributed by atoms with E-state index in [9.17, 15) is 10.1 Å². The van der Waals surface area contributed by atoms with Crippen molar-refractivity contribution in [2.45, 2.75) is 0 Å². The number of hydrogen-bond donors (Lipinski definition) is 1. The molecule has 0 aliphatic rings. The summed E-state index contributed by atoms with van der Waals surface area (Å²) >= 11 is 11.3. The molecule has 0 fully saturated rings. The minimum Gasteiger partial charge on any atom is -0.308 e. The topological polar surface area (TPSA) is 67.0 Å². The van der Waals surface area contributed by atoms with Crippen molar-refractivity contribution in [2.75, 3.05) is 0 Å². The van der Waals surface area contributed by atoms with Crippen LogP contribution in [0.5, 0.6) is 0 Å². The fourth-order valence-corrected chi connectivity index (χ4v) is 1.38. The Morgan fingerprint density at radius 3 is 2.54 bits per heavy atom. The molecule has 1 rings (SSSR count). The van der Waals surface area contributed by atoms with Crippen molar-refractivity contribution in [1.29, 1.82) is 5.41 Å². The lowest BCUT2D eigenvalue weighted by molar-refractivity contribution is -0.384. The van der Waals surface area contributed by atoms with Crippen LogP contribution in [0.25, 0.3) is 0 Å². The number of halogens is 2. The molecule has 0 atom stereocenters. The SMILES string of the molecule is N=Cc1c(Cl)ccc([N+](=O)[O-])c1Cl. The maximum Gasteiger partial charge on any atom is 0.288 e. The number of hydrogen-bond acceptors (Lipinski definition) is 3. The number of nitro groups is 1. The second-order valence-corrected chi connectivity index (χ2v) is 2.98. The summed E-state index contributed by atoms with van der Waals surface area (Å²) in [4.78, 5) is 9.78. The number of nitrogens with one attached hydrogen (secondary N) is 1. The molecule has 0 saturated heterocycles. The van der Waals surface area contributed by atoms with E-state index in [1.54, 1.807) is 0 Å². The van der Waals surface area contributed by atoms with Crippen LogP contribution >= 0.6 is 23.2 Å². The average Bonchev–Trinajstić information content (AvgIpc) is 2.04. The van der Waals surface area contributed by atoms with Gasteiger partial charge in [0.1, 0.15) is 5.02 Å². The van der Waals surface area contributed by atoms with Gasteiger partial charge in [0.2, 0.25) is 0 Å². The molecule has 0 spiro atoms. The molecular weight excluding hydrogens is 215 g/mol. The van der Waals surface area contributed by atoms with Crippen molar-refractivity contribution in [2.24, 2.45) is 0 Å². The Morgan fingerprint density at radius 2 is 2.08 bits per heavy atom. The fourth-order valence-electron chi connectivity index (χ4n) is 0.831. The maximum atomic E-state index is 10.4. The Hall–Kier alpha value is -1.13. The number of nitrogens with zero attached hydrogens (tertiary/aromatic N) is 1. The first kappa shape index (κ1) is 9.95. The third-order valence-corrected chi connectivity index (χ3v) is 2.17. The molecule has 1 aromatic rings. The molecule has 6 heteroatoms. The smallest absolute Gasteiger partial charge is 0.288 e. The van der Waals surface area contributed by atoms with Gasteiger partial charge in [0.05, 0.1) is 9.95 Å². The molecule has 0 unspecified atom stereocenters. The van der Waals surface area contributed by atoms with Gasteiger partial charge < -0.3 is 5.41 Å². The normalized spacial score (nSPS) is 9.69. The molecule has 0 bridgehead atoms. The van der Waals surface area contributed by atoms with Gasteiger partial charge in [-0.25, -0.2) is 0 Å². The summed E-state index contributed by atoms with van der Waals surface area (Å²) in [6, 6.07) is 2.55. The zero-order chi connectivity index (χ0) is 10.0. The van der Waals surface area contributed by atoms with Gasteiger partial charge in [-0.2, -0.15) is 0 Å². The Bertz CT molecular complexity index is 379. The molecular formula is C7H4Cl2N2O2. The molecule has 1 N–H and O–H groups in total. The lowest BCUT2D eigenvalue weighted by atomic mass is 10.2. The van der Waals surface area contributed by atoms with E-state index >= 15 is 0 Å². The molecule has 0 amide bonds. The van der Waals surface area contributed by atoms with Crippen molar-refractivity contribution < 1.29 is 4.92 Å². The van der Waals surface area contributed by atoms with Gasteiger partial charge in [-0.05, 0) is 6.07 Å². The van der Waals surface area contributed by atoms with Crippen LogP contribution in [0, 0.1) is 15.5 Å². The second kappa shape index (κ2) is 3.72. The van der Waals surface area contributed by atoms with Crippen LogP contribution in [0.2, 0.25) is 10.0 Å². The summed E-state index contributed by atoms with van der Waals surface area (Å²) < 4.78 is 0. The lowest BCUT2D eigenvalue weighted by Crippen LogP contribution is -1.93. The Kier molecular flexibility index (Phi) is 2.85.